The molecule has 0 saturated carbocycles. The maximum Gasteiger partial charge on any atom is 0.169 e. The highest BCUT2D eigenvalue weighted by Crippen LogP contribution is 2.29. The second-order valence-corrected chi connectivity index (χ2v) is 5.08. The van der Waals surface area contributed by atoms with E-state index in [9.17, 15) is 4.39 Å². The molecule has 1 aromatic carbocycles. The van der Waals surface area contributed by atoms with Crippen LogP contribution in [0, 0.1) is 5.82 Å². The SMILES string of the molecule is CCCNC(c1cccc(OC)c1F)C(CCC)OCC. The third kappa shape index (κ3) is 4.97. The quantitative estimate of drug-likeness (QED) is 0.706. The molecule has 0 amide bonds. The molecule has 1 rings (SSSR count). The molecule has 0 radical (unpaired) electrons. The van der Waals surface area contributed by atoms with Gasteiger partial charge in [-0.3, -0.25) is 0 Å². The minimum Gasteiger partial charge on any atom is -0.494 e. The van der Waals surface area contributed by atoms with E-state index in [0.717, 1.165) is 25.8 Å². The summed E-state index contributed by atoms with van der Waals surface area (Å²) in [6, 6.07) is 5.13. The molecule has 4 heteroatoms. The number of nitrogens with one attached hydrogen (secondary N) is 1. The number of methoxy groups -OCH3 is 1. The van der Waals surface area contributed by atoms with Crippen LogP contribution in [0.3, 0.4) is 0 Å². The maximum absolute atomic E-state index is 14.6. The first kappa shape index (κ1) is 17.9. The average molecular weight is 297 g/mol. The fourth-order valence-electron chi connectivity index (χ4n) is 2.51. The van der Waals surface area contributed by atoms with Gasteiger partial charge < -0.3 is 14.8 Å². The predicted molar refractivity (Wildman–Crippen MR) is 84.3 cm³/mol. The first-order valence-corrected chi connectivity index (χ1v) is 7.86. The van der Waals surface area contributed by atoms with Crippen LogP contribution in [0.25, 0.3) is 0 Å². The largest absolute Gasteiger partial charge is 0.494 e. The van der Waals surface area contributed by atoms with Crippen molar-refractivity contribution >= 4 is 0 Å². The highest BCUT2D eigenvalue weighted by Gasteiger charge is 2.26. The molecular weight excluding hydrogens is 269 g/mol. The number of hydrogen-bond acceptors (Lipinski definition) is 3. The summed E-state index contributed by atoms with van der Waals surface area (Å²) in [6.07, 6.45) is 2.85. The molecule has 1 N–H and O–H groups in total. The van der Waals surface area contributed by atoms with E-state index in [4.69, 9.17) is 9.47 Å². The zero-order valence-corrected chi connectivity index (χ0v) is 13.6. The van der Waals surface area contributed by atoms with Gasteiger partial charge in [-0.1, -0.05) is 32.4 Å². The first-order valence-electron chi connectivity index (χ1n) is 7.86. The van der Waals surface area contributed by atoms with Crippen LogP contribution in [-0.2, 0) is 4.74 Å². The topological polar surface area (TPSA) is 30.5 Å². The minimum absolute atomic E-state index is 0.0341. The Balaban J connectivity index is 3.10. The van der Waals surface area contributed by atoms with E-state index in [1.807, 2.05) is 19.1 Å². The van der Waals surface area contributed by atoms with Gasteiger partial charge in [0.1, 0.15) is 0 Å². The van der Waals surface area contributed by atoms with Gasteiger partial charge in [0.25, 0.3) is 0 Å². The van der Waals surface area contributed by atoms with E-state index in [-0.39, 0.29) is 23.7 Å². The maximum atomic E-state index is 14.6. The van der Waals surface area contributed by atoms with Gasteiger partial charge in [0.05, 0.1) is 19.3 Å². The third-order valence-electron chi connectivity index (χ3n) is 3.49. The average Bonchev–Trinajstić information content (AvgIpc) is 2.49. The molecule has 0 aliphatic carbocycles. The minimum atomic E-state index is -0.297. The van der Waals surface area contributed by atoms with Crippen LogP contribution in [0.15, 0.2) is 18.2 Å². The Hall–Kier alpha value is -1.13. The van der Waals surface area contributed by atoms with Gasteiger partial charge in [0.15, 0.2) is 11.6 Å². The van der Waals surface area contributed by atoms with Crippen molar-refractivity contribution < 1.29 is 13.9 Å². The molecule has 2 atom stereocenters. The molecule has 0 heterocycles. The van der Waals surface area contributed by atoms with Crippen LogP contribution in [0.4, 0.5) is 4.39 Å². The molecule has 0 spiro atoms. The summed E-state index contributed by atoms with van der Waals surface area (Å²) in [7, 11) is 1.49. The van der Waals surface area contributed by atoms with Crippen LogP contribution >= 0.6 is 0 Å². The first-order chi connectivity index (χ1) is 10.2. The third-order valence-corrected chi connectivity index (χ3v) is 3.49. The van der Waals surface area contributed by atoms with Crippen LogP contribution in [0.1, 0.15) is 51.6 Å². The van der Waals surface area contributed by atoms with Crippen molar-refractivity contribution in [3.63, 3.8) is 0 Å². The summed E-state index contributed by atoms with van der Waals surface area (Å²) in [6.45, 7) is 7.64. The lowest BCUT2D eigenvalue weighted by atomic mass is 9.97. The Kier molecular flexibility index (Phi) is 8.31. The Morgan fingerprint density at radius 3 is 2.52 bits per heavy atom. The predicted octanol–water partition coefficient (Wildman–Crippen LogP) is 4.08. The monoisotopic (exact) mass is 297 g/mol. The summed E-state index contributed by atoms with van der Waals surface area (Å²) in [4.78, 5) is 0. The van der Waals surface area contributed by atoms with Crippen molar-refractivity contribution in [3.05, 3.63) is 29.6 Å². The Labute approximate surface area is 127 Å². The van der Waals surface area contributed by atoms with E-state index in [1.54, 1.807) is 6.07 Å². The van der Waals surface area contributed by atoms with E-state index < -0.39 is 0 Å². The van der Waals surface area contributed by atoms with Gasteiger partial charge in [-0.2, -0.15) is 0 Å². The molecule has 21 heavy (non-hydrogen) atoms. The zero-order valence-electron chi connectivity index (χ0n) is 13.6. The summed E-state index contributed by atoms with van der Waals surface area (Å²) < 4.78 is 25.5. The Bertz CT molecular complexity index is 406. The molecule has 0 saturated heterocycles. The number of halogens is 1. The van der Waals surface area contributed by atoms with Crippen LogP contribution in [-0.4, -0.2) is 26.4 Å². The molecular formula is C17H28FNO2. The molecule has 0 aliphatic heterocycles. The summed E-state index contributed by atoms with van der Waals surface area (Å²) in [5.41, 5.74) is 0.620. The second-order valence-electron chi connectivity index (χ2n) is 5.08. The van der Waals surface area contributed by atoms with Crippen LogP contribution in [0.2, 0.25) is 0 Å². The van der Waals surface area contributed by atoms with Crippen molar-refractivity contribution in [2.45, 2.75) is 52.2 Å². The molecule has 0 aromatic heterocycles. The standard InChI is InChI=1S/C17H28FNO2/c1-5-9-15(21-7-3)17(19-12-6-2)13-10-8-11-14(20-4)16(13)18/h8,10-11,15,17,19H,5-7,9,12H2,1-4H3. The van der Waals surface area contributed by atoms with Crippen molar-refractivity contribution in [2.75, 3.05) is 20.3 Å². The normalized spacial score (nSPS) is 14.0. The highest BCUT2D eigenvalue weighted by molar-refractivity contribution is 5.33. The fourth-order valence-corrected chi connectivity index (χ4v) is 2.51. The fraction of sp³-hybridized carbons (Fsp3) is 0.647. The number of benzene rings is 1. The number of ether oxygens (including phenoxy) is 2. The molecule has 120 valence electrons. The molecule has 0 aliphatic rings. The molecule has 1 aromatic rings. The molecule has 0 bridgehead atoms. The number of rotatable bonds is 10. The Morgan fingerprint density at radius 2 is 1.95 bits per heavy atom. The van der Waals surface area contributed by atoms with Gasteiger partial charge in [0.2, 0.25) is 0 Å². The van der Waals surface area contributed by atoms with E-state index >= 15 is 0 Å². The van der Waals surface area contributed by atoms with Gasteiger partial charge in [0, 0.05) is 12.2 Å². The smallest absolute Gasteiger partial charge is 0.169 e. The molecule has 2 unspecified atom stereocenters. The van der Waals surface area contributed by atoms with Gasteiger partial charge >= 0.3 is 0 Å². The van der Waals surface area contributed by atoms with Crippen molar-refractivity contribution in [1.29, 1.82) is 0 Å². The van der Waals surface area contributed by atoms with Gasteiger partial charge in [-0.15, -0.1) is 0 Å². The van der Waals surface area contributed by atoms with Crippen LogP contribution in [0.5, 0.6) is 5.75 Å². The summed E-state index contributed by atoms with van der Waals surface area (Å²) >= 11 is 0. The molecule has 0 fully saturated rings. The van der Waals surface area contributed by atoms with Crippen molar-refractivity contribution in [1.82, 2.24) is 5.32 Å². The van der Waals surface area contributed by atoms with Crippen molar-refractivity contribution in [2.24, 2.45) is 0 Å². The van der Waals surface area contributed by atoms with Crippen LogP contribution < -0.4 is 10.1 Å². The zero-order chi connectivity index (χ0) is 15.7. The van der Waals surface area contributed by atoms with Gasteiger partial charge in [-0.25, -0.2) is 4.39 Å². The van der Waals surface area contributed by atoms with E-state index in [2.05, 4.69) is 19.2 Å². The lowest BCUT2D eigenvalue weighted by molar-refractivity contribution is 0.0266. The lowest BCUT2D eigenvalue weighted by Crippen LogP contribution is -2.35. The van der Waals surface area contributed by atoms with E-state index in [1.165, 1.54) is 7.11 Å². The lowest BCUT2D eigenvalue weighted by Gasteiger charge is -2.29. The summed E-state index contributed by atoms with van der Waals surface area (Å²) in [5, 5.41) is 3.43. The Morgan fingerprint density at radius 1 is 1.19 bits per heavy atom. The number of hydrogen-bond donors (Lipinski definition) is 1. The molecule has 3 nitrogen and oxygen atoms in total. The summed E-state index contributed by atoms with van der Waals surface area (Å²) in [5.74, 6) is -0.0167. The highest BCUT2D eigenvalue weighted by atomic mass is 19.1. The second kappa shape index (κ2) is 9.74. The van der Waals surface area contributed by atoms with Gasteiger partial charge in [-0.05, 0) is 32.4 Å². The van der Waals surface area contributed by atoms with E-state index in [0.29, 0.717) is 12.2 Å². The van der Waals surface area contributed by atoms with Crippen molar-refractivity contribution in [3.8, 4) is 5.75 Å².